The molecule has 0 atom stereocenters. The van der Waals surface area contributed by atoms with Crippen molar-refractivity contribution in [2.75, 3.05) is 0 Å². The second-order valence-corrected chi connectivity index (χ2v) is 3.24. The number of aryl methyl sites for hydroxylation is 1. The maximum atomic E-state index is 12.0. The van der Waals surface area contributed by atoms with Gasteiger partial charge >= 0.3 is 12.3 Å². The first-order valence-electron chi connectivity index (χ1n) is 4.55. The summed E-state index contributed by atoms with van der Waals surface area (Å²) in [6.07, 6.45) is -2.70. The van der Waals surface area contributed by atoms with Crippen molar-refractivity contribution in [3.63, 3.8) is 0 Å². The first kappa shape index (κ1) is 13.1. The molecule has 0 aromatic heterocycles. The van der Waals surface area contributed by atoms with E-state index in [2.05, 4.69) is 4.74 Å². The zero-order valence-electron chi connectivity index (χ0n) is 8.78. The standard InChI is InChI=1S/C11H9F3O3/c1-7-2-4-9(17-11(12,13)14)6-8(7)3-5-10(15)16/h2-6H,1H3,(H,15,16)/b5-3+. The molecule has 6 heteroatoms. The highest BCUT2D eigenvalue weighted by Crippen LogP contribution is 2.25. The van der Waals surface area contributed by atoms with Crippen molar-refractivity contribution < 1.29 is 27.8 Å². The van der Waals surface area contributed by atoms with Crippen molar-refractivity contribution in [1.82, 2.24) is 0 Å². The number of hydrogen-bond donors (Lipinski definition) is 1. The van der Waals surface area contributed by atoms with Gasteiger partial charge in [0, 0.05) is 6.08 Å². The summed E-state index contributed by atoms with van der Waals surface area (Å²) in [6.45, 7) is 1.65. The van der Waals surface area contributed by atoms with Gasteiger partial charge in [0.2, 0.25) is 0 Å². The van der Waals surface area contributed by atoms with E-state index in [1.165, 1.54) is 18.2 Å². The monoisotopic (exact) mass is 246 g/mol. The zero-order chi connectivity index (χ0) is 13.1. The number of ether oxygens (including phenoxy) is 1. The molecule has 0 fully saturated rings. The zero-order valence-corrected chi connectivity index (χ0v) is 8.78. The van der Waals surface area contributed by atoms with Gasteiger partial charge in [0.05, 0.1) is 0 Å². The molecule has 0 unspecified atom stereocenters. The molecule has 1 rings (SSSR count). The minimum atomic E-state index is -4.76. The first-order chi connectivity index (χ1) is 7.78. The van der Waals surface area contributed by atoms with Gasteiger partial charge < -0.3 is 9.84 Å². The number of carboxylic acid groups (broad SMARTS) is 1. The summed E-state index contributed by atoms with van der Waals surface area (Å²) >= 11 is 0. The van der Waals surface area contributed by atoms with Crippen LogP contribution in [0.3, 0.4) is 0 Å². The number of alkyl halides is 3. The van der Waals surface area contributed by atoms with Crippen molar-refractivity contribution in [2.24, 2.45) is 0 Å². The van der Waals surface area contributed by atoms with Crippen LogP contribution in [0.25, 0.3) is 6.08 Å². The van der Waals surface area contributed by atoms with Gasteiger partial charge in [-0.1, -0.05) is 6.07 Å². The predicted octanol–water partition coefficient (Wildman–Crippen LogP) is 2.99. The van der Waals surface area contributed by atoms with E-state index in [9.17, 15) is 18.0 Å². The Hall–Kier alpha value is -1.98. The molecule has 0 aliphatic carbocycles. The topological polar surface area (TPSA) is 46.5 Å². The van der Waals surface area contributed by atoms with E-state index in [0.717, 1.165) is 12.1 Å². The number of carbonyl (C=O) groups is 1. The molecule has 0 spiro atoms. The summed E-state index contributed by atoms with van der Waals surface area (Å²) < 4.78 is 39.6. The SMILES string of the molecule is Cc1ccc(OC(F)(F)F)cc1/C=C/C(=O)O. The molecule has 0 radical (unpaired) electrons. The average molecular weight is 246 g/mol. The maximum absolute atomic E-state index is 12.0. The van der Waals surface area contributed by atoms with Crippen LogP contribution in [0.15, 0.2) is 24.3 Å². The predicted molar refractivity (Wildman–Crippen MR) is 54.5 cm³/mol. The Balaban J connectivity index is 2.98. The molecular formula is C11H9F3O3. The van der Waals surface area contributed by atoms with Crippen LogP contribution >= 0.6 is 0 Å². The second kappa shape index (κ2) is 4.90. The number of hydrogen-bond acceptors (Lipinski definition) is 2. The number of carboxylic acids is 1. The second-order valence-electron chi connectivity index (χ2n) is 3.24. The molecule has 1 aromatic rings. The van der Waals surface area contributed by atoms with E-state index in [-0.39, 0.29) is 5.75 Å². The van der Waals surface area contributed by atoms with Gasteiger partial charge in [0.15, 0.2) is 0 Å². The van der Waals surface area contributed by atoms with E-state index >= 15 is 0 Å². The average Bonchev–Trinajstić information content (AvgIpc) is 2.16. The van der Waals surface area contributed by atoms with Crippen molar-refractivity contribution >= 4 is 12.0 Å². The summed E-state index contributed by atoms with van der Waals surface area (Å²) in [5.74, 6) is -1.56. The quantitative estimate of drug-likeness (QED) is 0.834. The molecule has 0 saturated heterocycles. The smallest absolute Gasteiger partial charge is 0.478 e. The highest BCUT2D eigenvalue weighted by molar-refractivity contribution is 5.85. The van der Waals surface area contributed by atoms with Crippen LogP contribution in [-0.4, -0.2) is 17.4 Å². The van der Waals surface area contributed by atoms with E-state index in [1.54, 1.807) is 6.92 Å². The highest BCUT2D eigenvalue weighted by atomic mass is 19.4. The summed E-state index contributed by atoms with van der Waals surface area (Å²) in [5.41, 5.74) is 1.01. The Morgan fingerprint density at radius 1 is 1.41 bits per heavy atom. The molecule has 1 N–H and O–H groups in total. The van der Waals surface area contributed by atoms with Crippen molar-refractivity contribution in [3.05, 3.63) is 35.4 Å². The molecule has 1 aromatic carbocycles. The molecule has 0 aliphatic heterocycles. The lowest BCUT2D eigenvalue weighted by Crippen LogP contribution is -2.17. The molecule has 0 bridgehead atoms. The molecule has 3 nitrogen and oxygen atoms in total. The van der Waals surface area contributed by atoms with Crippen LogP contribution < -0.4 is 4.74 Å². The largest absolute Gasteiger partial charge is 0.573 e. The molecule has 92 valence electrons. The lowest BCUT2D eigenvalue weighted by atomic mass is 10.1. The van der Waals surface area contributed by atoms with Gasteiger partial charge in [-0.15, -0.1) is 13.2 Å². The third-order valence-corrected chi connectivity index (χ3v) is 1.89. The van der Waals surface area contributed by atoms with E-state index in [0.29, 0.717) is 11.1 Å². The van der Waals surface area contributed by atoms with Crippen LogP contribution in [-0.2, 0) is 4.79 Å². The fourth-order valence-corrected chi connectivity index (χ4v) is 1.16. The van der Waals surface area contributed by atoms with Crippen LogP contribution in [0.1, 0.15) is 11.1 Å². The lowest BCUT2D eigenvalue weighted by molar-refractivity contribution is -0.274. The van der Waals surface area contributed by atoms with Crippen molar-refractivity contribution in [3.8, 4) is 5.75 Å². The van der Waals surface area contributed by atoms with Gasteiger partial charge in [-0.2, -0.15) is 0 Å². The van der Waals surface area contributed by atoms with Gasteiger partial charge in [-0.25, -0.2) is 4.79 Å². The van der Waals surface area contributed by atoms with Crippen molar-refractivity contribution in [1.29, 1.82) is 0 Å². The number of halogens is 3. The Bertz CT molecular complexity index is 450. The Morgan fingerprint density at radius 2 is 2.06 bits per heavy atom. The van der Waals surface area contributed by atoms with E-state index < -0.39 is 12.3 Å². The van der Waals surface area contributed by atoms with Gasteiger partial charge in [0.25, 0.3) is 0 Å². The Morgan fingerprint density at radius 3 is 2.59 bits per heavy atom. The van der Waals surface area contributed by atoms with Gasteiger partial charge in [-0.3, -0.25) is 0 Å². The third kappa shape index (κ3) is 4.58. The number of benzene rings is 1. The molecule has 17 heavy (non-hydrogen) atoms. The van der Waals surface area contributed by atoms with E-state index in [1.807, 2.05) is 0 Å². The summed E-state index contributed by atoms with van der Waals surface area (Å²) in [6, 6.07) is 3.71. The number of rotatable bonds is 3. The molecule has 0 saturated carbocycles. The Kier molecular flexibility index (Phi) is 3.77. The van der Waals surface area contributed by atoms with Crippen molar-refractivity contribution in [2.45, 2.75) is 13.3 Å². The summed E-state index contributed by atoms with van der Waals surface area (Å²) in [7, 11) is 0. The first-order valence-corrected chi connectivity index (χ1v) is 4.55. The summed E-state index contributed by atoms with van der Waals surface area (Å²) in [4.78, 5) is 10.3. The third-order valence-electron chi connectivity index (χ3n) is 1.89. The fourth-order valence-electron chi connectivity index (χ4n) is 1.16. The number of aliphatic carboxylic acids is 1. The lowest BCUT2D eigenvalue weighted by Gasteiger charge is -2.10. The molecular weight excluding hydrogens is 237 g/mol. The highest BCUT2D eigenvalue weighted by Gasteiger charge is 2.31. The van der Waals surface area contributed by atoms with Gasteiger partial charge in [0.1, 0.15) is 5.75 Å². The van der Waals surface area contributed by atoms with Gasteiger partial charge in [-0.05, 0) is 36.3 Å². The minimum Gasteiger partial charge on any atom is -0.478 e. The van der Waals surface area contributed by atoms with Crippen LogP contribution in [0.5, 0.6) is 5.75 Å². The molecule has 0 amide bonds. The summed E-state index contributed by atoms with van der Waals surface area (Å²) in [5, 5.41) is 8.42. The van der Waals surface area contributed by atoms with Crippen LogP contribution in [0.4, 0.5) is 13.2 Å². The Labute approximate surface area is 95.1 Å². The van der Waals surface area contributed by atoms with Crippen LogP contribution in [0, 0.1) is 6.92 Å². The maximum Gasteiger partial charge on any atom is 0.573 e. The fraction of sp³-hybridized carbons (Fsp3) is 0.182. The minimum absolute atomic E-state index is 0.356. The molecule has 0 heterocycles. The molecule has 0 aliphatic rings. The van der Waals surface area contributed by atoms with Crippen LogP contribution in [0.2, 0.25) is 0 Å². The normalized spacial score (nSPS) is 11.8. The van der Waals surface area contributed by atoms with E-state index in [4.69, 9.17) is 5.11 Å².